The lowest BCUT2D eigenvalue weighted by molar-refractivity contribution is 0.0750. The highest BCUT2D eigenvalue weighted by Crippen LogP contribution is 2.24. The van der Waals surface area contributed by atoms with E-state index in [0.717, 1.165) is 35.8 Å². The number of fused-ring (bicyclic) bond motifs is 3. The van der Waals surface area contributed by atoms with Crippen molar-refractivity contribution in [3.05, 3.63) is 48.0 Å². The van der Waals surface area contributed by atoms with E-state index in [9.17, 15) is 4.79 Å². The van der Waals surface area contributed by atoms with Gasteiger partial charge in [0.25, 0.3) is 5.91 Å². The monoisotopic (exact) mass is 316 g/mol. The lowest BCUT2D eigenvalue weighted by atomic mass is 10.0. The van der Waals surface area contributed by atoms with Gasteiger partial charge in [-0.15, -0.1) is 12.4 Å². The Morgan fingerprint density at radius 2 is 1.77 bits per heavy atom. The second-order valence-electron chi connectivity index (χ2n) is 6.20. The van der Waals surface area contributed by atoms with Gasteiger partial charge >= 0.3 is 0 Å². The van der Waals surface area contributed by atoms with Gasteiger partial charge in [-0.2, -0.15) is 0 Å². The van der Waals surface area contributed by atoms with Crippen LogP contribution in [0, 0.1) is 0 Å². The van der Waals surface area contributed by atoms with Gasteiger partial charge < -0.3 is 10.2 Å². The lowest BCUT2D eigenvalue weighted by Crippen LogP contribution is -2.39. The molecule has 0 aliphatic carbocycles. The first-order valence-corrected chi connectivity index (χ1v) is 7.84. The maximum Gasteiger partial charge on any atom is 0.254 e. The molecule has 4 rings (SSSR count). The number of nitrogens with zero attached hydrogens (tertiary/aromatic N) is 1. The smallest absolute Gasteiger partial charge is 0.254 e. The third-order valence-electron chi connectivity index (χ3n) is 4.83. The third kappa shape index (κ3) is 2.71. The van der Waals surface area contributed by atoms with Crippen LogP contribution in [0.2, 0.25) is 0 Å². The van der Waals surface area contributed by atoms with Gasteiger partial charge in [0.15, 0.2) is 0 Å². The predicted octanol–water partition coefficient (Wildman–Crippen LogP) is 3.23. The summed E-state index contributed by atoms with van der Waals surface area (Å²) in [5.41, 5.74) is 0.839. The van der Waals surface area contributed by atoms with Crippen LogP contribution in [-0.4, -0.2) is 36.0 Å². The molecule has 2 fully saturated rings. The number of likely N-dealkylation sites (tertiary alicyclic amines) is 1. The van der Waals surface area contributed by atoms with E-state index in [0.29, 0.717) is 12.1 Å². The van der Waals surface area contributed by atoms with Crippen LogP contribution in [0.25, 0.3) is 10.8 Å². The Morgan fingerprint density at radius 3 is 2.68 bits per heavy atom. The molecule has 3 nitrogen and oxygen atoms in total. The zero-order valence-electron chi connectivity index (χ0n) is 12.5. The van der Waals surface area contributed by atoms with Gasteiger partial charge in [-0.3, -0.25) is 4.79 Å². The van der Waals surface area contributed by atoms with Crippen molar-refractivity contribution in [3.63, 3.8) is 0 Å². The predicted molar refractivity (Wildman–Crippen MR) is 91.7 cm³/mol. The van der Waals surface area contributed by atoms with Crippen molar-refractivity contribution in [1.82, 2.24) is 10.2 Å². The molecule has 4 heteroatoms. The van der Waals surface area contributed by atoms with E-state index < -0.39 is 0 Å². The van der Waals surface area contributed by atoms with E-state index in [1.54, 1.807) is 0 Å². The third-order valence-corrected chi connectivity index (χ3v) is 4.83. The highest BCUT2D eigenvalue weighted by Gasteiger charge is 2.31. The van der Waals surface area contributed by atoms with Crippen LogP contribution in [-0.2, 0) is 0 Å². The summed E-state index contributed by atoms with van der Waals surface area (Å²) < 4.78 is 0. The summed E-state index contributed by atoms with van der Waals surface area (Å²) in [7, 11) is 0. The van der Waals surface area contributed by atoms with Gasteiger partial charge in [0, 0.05) is 30.7 Å². The minimum Gasteiger partial charge on any atom is -0.337 e. The van der Waals surface area contributed by atoms with Crippen LogP contribution < -0.4 is 5.32 Å². The van der Waals surface area contributed by atoms with Crippen LogP contribution in [0.15, 0.2) is 42.5 Å². The minimum absolute atomic E-state index is 0. The van der Waals surface area contributed by atoms with Gasteiger partial charge in [0.1, 0.15) is 0 Å². The number of amides is 1. The van der Waals surface area contributed by atoms with Gasteiger partial charge in [-0.25, -0.2) is 0 Å². The second-order valence-corrected chi connectivity index (χ2v) is 6.20. The number of benzene rings is 2. The normalized spacial score (nSPS) is 23.9. The Morgan fingerprint density at radius 1 is 1.00 bits per heavy atom. The van der Waals surface area contributed by atoms with E-state index >= 15 is 0 Å². The number of nitrogens with one attached hydrogen (secondary N) is 1. The Kier molecular flexibility index (Phi) is 4.37. The van der Waals surface area contributed by atoms with Crippen molar-refractivity contribution in [2.75, 3.05) is 13.1 Å². The molecule has 2 aliphatic heterocycles. The molecule has 2 saturated heterocycles. The van der Waals surface area contributed by atoms with Crippen LogP contribution in [0.5, 0.6) is 0 Å². The second kappa shape index (κ2) is 6.27. The van der Waals surface area contributed by atoms with E-state index in [-0.39, 0.29) is 18.3 Å². The first-order chi connectivity index (χ1) is 10.3. The number of hydrogen-bond donors (Lipinski definition) is 1. The summed E-state index contributed by atoms with van der Waals surface area (Å²) in [5.74, 6) is 0.182. The van der Waals surface area contributed by atoms with Crippen molar-refractivity contribution in [3.8, 4) is 0 Å². The summed E-state index contributed by atoms with van der Waals surface area (Å²) >= 11 is 0. The topological polar surface area (TPSA) is 32.3 Å². The highest BCUT2D eigenvalue weighted by molar-refractivity contribution is 6.07. The molecule has 2 heterocycles. The van der Waals surface area contributed by atoms with Crippen LogP contribution in [0.3, 0.4) is 0 Å². The first kappa shape index (κ1) is 15.3. The molecular weight excluding hydrogens is 296 g/mol. The first-order valence-electron chi connectivity index (χ1n) is 7.84. The molecule has 2 unspecified atom stereocenters. The number of carbonyl (C=O) groups excluding carboxylic acids is 1. The minimum atomic E-state index is 0. The van der Waals surface area contributed by atoms with Crippen molar-refractivity contribution < 1.29 is 4.79 Å². The molecule has 116 valence electrons. The molecule has 1 N–H and O–H groups in total. The van der Waals surface area contributed by atoms with Gasteiger partial charge in [-0.1, -0.05) is 36.4 Å². The molecule has 2 aromatic carbocycles. The van der Waals surface area contributed by atoms with Crippen molar-refractivity contribution in [1.29, 1.82) is 0 Å². The molecule has 2 aliphatic rings. The Labute approximate surface area is 137 Å². The zero-order valence-corrected chi connectivity index (χ0v) is 13.3. The Balaban J connectivity index is 0.00000144. The molecule has 2 atom stereocenters. The fourth-order valence-electron chi connectivity index (χ4n) is 3.71. The van der Waals surface area contributed by atoms with Crippen molar-refractivity contribution in [2.45, 2.75) is 31.3 Å². The average Bonchev–Trinajstić information content (AvgIpc) is 2.85. The highest BCUT2D eigenvalue weighted by atomic mass is 35.5. The molecule has 0 aromatic heterocycles. The van der Waals surface area contributed by atoms with Crippen LogP contribution in [0.1, 0.15) is 29.6 Å². The molecule has 0 spiro atoms. The van der Waals surface area contributed by atoms with Crippen LogP contribution in [0.4, 0.5) is 0 Å². The molecule has 2 aromatic rings. The maximum atomic E-state index is 12.9. The van der Waals surface area contributed by atoms with E-state index in [4.69, 9.17) is 0 Å². The lowest BCUT2D eigenvalue weighted by Gasteiger charge is -2.25. The van der Waals surface area contributed by atoms with E-state index in [2.05, 4.69) is 17.4 Å². The van der Waals surface area contributed by atoms with E-state index in [1.165, 1.54) is 12.8 Å². The molecule has 2 bridgehead atoms. The Hall–Kier alpha value is -1.58. The van der Waals surface area contributed by atoms with Gasteiger partial charge in [0.05, 0.1) is 0 Å². The van der Waals surface area contributed by atoms with E-state index in [1.807, 2.05) is 35.2 Å². The SMILES string of the molecule is Cl.O=C(c1cccc2ccccc12)N1CCC2CCC(C1)N2. The summed E-state index contributed by atoms with van der Waals surface area (Å²) in [6, 6.07) is 15.2. The molecule has 0 radical (unpaired) electrons. The standard InChI is InChI=1S/C18H20N2O.ClH/c21-18(20-11-10-14-8-9-15(12-20)19-14)17-7-3-5-13-4-1-2-6-16(13)17;/h1-7,14-15,19H,8-12H2;1H. The largest absolute Gasteiger partial charge is 0.337 e. The molecule has 1 amide bonds. The molecule has 22 heavy (non-hydrogen) atoms. The zero-order chi connectivity index (χ0) is 14.2. The fraction of sp³-hybridized carbons (Fsp3) is 0.389. The quantitative estimate of drug-likeness (QED) is 0.876. The number of halogens is 1. The number of carbonyl (C=O) groups is 1. The summed E-state index contributed by atoms with van der Waals surface area (Å²) in [6.45, 7) is 1.72. The van der Waals surface area contributed by atoms with Crippen molar-refractivity contribution in [2.24, 2.45) is 0 Å². The maximum absolute atomic E-state index is 12.9. The molecule has 0 saturated carbocycles. The fourth-order valence-corrected chi connectivity index (χ4v) is 3.71. The van der Waals surface area contributed by atoms with Gasteiger partial charge in [-0.05, 0) is 36.1 Å². The molecular formula is C18H21ClN2O. The summed E-state index contributed by atoms with van der Waals surface area (Å²) in [4.78, 5) is 15.0. The van der Waals surface area contributed by atoms with Gasteiger partial charge in [0.2, 0.25) is 0 Å². The summed E-state index contributed by atoms with van der Waals surface area (Å²) in [6.07, 6.45) is 3.54. The number of hydrogen-bond acceptors (Lipinski definition) is 2. The van der Waals surface area contributed by atoms with Crippen LogP contribution >= 0.6 is 12.4 Å². The average molecular weight is 317 g/mol. The number of rotatable bonds is 1. The Bertz CT molecular complexity index is 682. The van der Waals surface area contributed by atoms with Crippen molar-refractivity contribution >= 4 is 29.1 Å². The summed E-state index contributed by atoms with van der Waals surface area (Å²) in [5, 5.41) is 5.83.